The van der Waals surface area contributed by atoms with Crippen molar-refractivity contribution in [3.63, 3.8) is 0 Å². The van der Waals surface area contributed by atoms with Gasteiger partial charge in [-0.1, -0.05) is 91.0 Å². The summed E-state index contributed by atoms with van der Waals surface area (Å²) in [5, 5.41) is 5.36. The van der Waals surface area contributed by atoms with Gasteiger partial charge in [0.05, 0.1) is 22.1 Å². The van der Waals surface area contributed by atoms with Crippen LogP contribution in [-0.2, 0) is 0 Å². The smallest absolute Gasteiger partial charge is 0.333 e. The molecule has 0 N–H and O–H groups in total. The van der Waals surface area contributed by atoms with Crippen LogP contribution >= 0.6 is 0 Å². The molecule has 8 heterocycles. The predicted molar refractivity (Wildman–Crippen MR) is 226 cm³/mol. The highest BCUT2D eigenvalue weighted by Crippen LogP contribution is 2.55. The number of para-hydroxylation sites is 3. The van der Waals surface area contributed by atoms with Crippen molar-refractivity contribution >= 4 is 113 Å². The molecule has 6 heteroatoms. The van der Waals surface area contributed by atoms with Crippen molar-refractivity contribution in [1.29, 1.82) is 0 Å². The molecular weight excluding hydrogens is 654 g/mol. The minimum absolute atomic E-state index is 0.0581. The lowest BCUT2D eigenvalue weighted by Gasteiger charge is -2.54. The third-order valence-corrected chi connectivity index (χ3v) is 13.9. The lowest BCUT2D eigenvalue weighted by atomic mass is 9.29. The lowest BCUT2D eigenvalue weighted by molar-refractivity contribution is 1.15. The first-order valence-electron chi connectivity index (χ1n) is 19.1. The fourth-order valence-corrected chi connectivity index (χ4v) is 12.2. The van der Waals surface area contributed by atoms with Gasteiger partial charge in [0.2, 0.25) is 0 Å². The first kappa shape index (κ1) is 25.9. The van der Waals surface area contributed by atoms with Gasteiger partial charge in [-0.05, 0) is 93.0 Å². The molecule has 0 spiro atoms. The molecular formula is C48H24B2N4. The van der Waals surface area contributed by atoms with Gasteiger partial charge in [-0.3, -0.25) is 0 Å². The average molecular weight is 678 g/mol. The highest BCUT2D eigenvalue weighted by Gasteiger charge is 2.56. The number of benzene rings is 8. The van der Waals surface area contributed by atoms with Crippen molar-refractivity contribution < 1.29 is 0 Å². The van der Waals surface area contributed by atoms with Crippen molar-refractivity contribution in [2.24, 2.45) is 0 Å². The Balaban J connectivity index is 1.18. The summed E-state index contributed by atoms with van der Waals surface area (Å²) in [5.41, 5.74) is 27.1. The van der Waals surface area contributed by atoms with Gasteiger partial charge in [-0.25, -0.2) is 0 Å². The van der Waals surface area contributed by atoms with Crippen LogP contribution in [0.5, 0.6) is 0 Å². The topological polar surface area (TPSA) is 16.3 Å². The van der Waals surface area contributed by atoms with E-state index >= 15 is 0 Å². The normalized spacial score (nSPS) is 14.9. The van der Waals surface area contributed by atoms with E-state index < -0.39 is 0 Å². The van der Waals surface area contributed by atoms with Crippen molar-refractivity contribution in [2.45, 2.75) is 0 Å². The van der Waals surface area contributed by atoms with E-state index in [-0.39, 0.29) is 13.6 Å². The van der Waals surface area contributed by atoms with E-state index in [4.69, 9.17) is 0 Å². The molecule has 6 aliphatic rings. The first-order valence-corrected chi connectivity index (χ1v) is 19.1. The molecule has 16 rings (SSSR count). The van der Waals surface area contributed by atoms with Gasteiger partial charge in [0.15, 0.2) is 0 Å². The van der Waals surface area contributed by atoms with E-state index in [1.54, 1.807) is 0 Å². The zero-order valence-electron chi connectivity index (χ0n) is 28.8. The van der Waals surface area contributed by atoms with Crippen LogP contribution in [0.25, 0.3) is 77.2 Å². The molecule has 54 heavy (non-hydrogen) atoms. The van der Waals surface area contributed by atoms with Crippen LogP contribution in [-0.4, -0.2) is 22.7 Å². The van der Waals surface area contributed by atoms with Gasteiger partial charge in [-0.15, -0.1) is 0 Å². The SMILES string of the molecule is c1ccc(N2c3cccc4c3B3c5c(cccc52)-c2ccc5c6c2N3c2c-4ccc3c2B6c2c4c(cc6c7ccccc7n-5c26)c2ccccc2n4-3)cc1. The van der Waals surface area contributed by atoms with E-state index in [0.717, 1.165) is 0 Å². The van der Waals surface area contributed by atoms with E-state index in [1.165, 1.54) is 133 Å². The minimum atomic E-state index is 0.0581. The van der Waals surface area contributed by atoms with Crippen LogP contribution in [0.3, 0.4) is 0 Å². The number of nitrogens with zero attached hydrogens (tertiary/aromatic N) is 4. The molecule has 0 amide bonds. The Morgan fingerprint density at radius 3 is 1.48 bits per heavy atom. The molecule has 242 valence electrons. The maximum Gasteiger partial charge on any atom is 0.333 e. The molecule has 0 unspecified atom stereocenters. The summed E-state index contributed by atoms with van der Waals surface area (Å²) >= 11 is 0. The van der Waals surface area contributed by atoms with Crippen LogP contribution in [0.2, 0.25) is 0 Å². The summed E-state index contributed by atoms with van der Waals surface area (Å²) < 4.78 is 5.25. The molecule has 4 nitrogen and oxygen atoms in total. The number of hydrogen-bond acceptors (Lipinski definition) is 2. The van der Waals surface area contributed by atoms with Crippen molar-refractivity contribution in [3.05, 3.63) is 146 Å². The largest absolute Gasteiger partial charge is 0.377 e. The number of anilines is 5. The van der Waals surface area contributed by atoms with Crippen LogP contribution in [0.1, 0.15) is 0 Å². The molecule has 6 aliphatic heterocycles. The van der Waals surface area contributed by atoms with Crippen LogP contribution in [0.15, 0.2) is 146 Å². The summed E-state index contributed by atoms with van der Waals surface area (Å²) in [4.78, 5) is 5.32. The second kappa shape index (κ2) is 8.17. The third kappa shape index (κ3) is 2.45. The third-order valence-electron chi connectivity index (χ3n) is 13.9. The van der Waals surface area contributed by atoms with E-state index in [0.29, 0.717) is 0 Å². The van der Waals surface area contributed by atoms with E-state index in [1.807, 2.05) is 0 Å². The monoisotopic (exact) mass is 678 g/mol. The lowest BCUT2D eigenvalue weighted by Crippen LogP contribution is -2.71. The Kier molecular flexibility index (Phi) is 3.93. The number of rotatable bonds is 1. The second-order valence-corrected chi connectivity index (χ2v) is 15.9. The van der Waals surface area contributed by atoms with Gasteiger partial charge in [-0.2, -0.15) is 0 Å². The molecule has 2 aromatic heterocycles. The van der Waals surface area contributed by atoms with Crippen molar-refractivity contribution in [2.75, 3.05) is 9.71 Å². The molecule has 0 saturated heterocycles. The Hall–Kier alpha value is -6.91. The molecule has 8 aromatic carbocycles. The summed E-state index contributed by atoms with van der Waals surface area (Å²) in [5.74, 6) is 0. The van der Waals surface area contributed by atoms with Gasteiger partial charge in [0.1, 0.15) is 0 Å². The van der Waals surface area contributed by atoms with Gasteiger partial charge >= 0.3 is 6.85 Å². The summed E-state index contributed by atoms with van der Waals surface area (Å²) in [6, 6.07) is 55.5. The van der Waals surface area contributed by atoms with Gasteiger partial charge < -0.3 is 18.8 Å². The van der Waals surface area contributed by atoms with Gasteiger partial charge in [0, 0.05) is 72.5 Å². The molecule has 10 aromatic rings. The maximum absolute atomic E-state index is 2.81. The number of fused-ring (bicyclic) bond motifs is 10. The average Bonchev–Trinajstić information content (AvgIpc) is 3.75. The highest BCUT2D eigenvalue weighted by atomic mass is 15.2. The Morgan fingerprint density at radius 2 is 0.907 bits per heavy atom. The second-order valence-electron chi connectivity index (χ2n) is 15.9. The molecule has 0 fully saturated rings. The standard InChI is InChI=1S/C48H24B2N4/c1-2-10-25(11-3-1)51-36-18-8-14-28-30-20-22-38-42-47(30)54-48-31(29-15-9-19-37(51)41(29)50(54)40(28)36)21-23-39-43(48)49(42)44-45-32(26-12-4-6-16-34(26)52(38)45)24-33-27-13-5-7-17-35(27)53(39)46(33)44/h1-24H. The molecule has 0 atom stereocenters. The zero-order valence-corrected chi connectivity index (χ0v) is 28.8. The molecule has 0 aliphatic carbocycles. The van der Waals surface area contributed by atoms with Crippen LogP contribution < -0.4 is 37.0 Å². The van der Waals surface area contributed by atoms with E-state index in [2.05, 4.69) is 164 Å². The predicted octanol–water partition coefficient (Wildman–Crippen LogP) is 8.03. The Bertz CT molecular complexity index is 3330. The van der Waals surface area contributed by atoms with E-state index in [9.17, 15) is 0 Å². The molecule has 0 saturated carbocycles. The summed E-state index contributed by atoms with van der Waals surface area (Å²) in [6.07, 6.45) is 0. The maximum atomic E-state index is 2.81. The number of aromatic nitrogens is 2. The van der Waals surface area contributed by atoms with Gasteiger partial charge in [0.25, 0.3) is 6.71 Å². The fourth-order valence-electron chi connectivity index (χ4n) is 12.2. The number of hydrogen-bond donors (Lipinski definition) is 0. The Morgan fingerprint density at radius 1 is 0.370 bits per heavy atom. The molecule has 0 radical (unpaired) electrons. The summed E-state index contributed by atoms with van der Waals surface area (Å²) in [6.45, 7) is 0.178. The first-order chi connectivity index (χ1) is 26.9. The summed E-state index contributed by atoms with van der Waals surface area (Å²) in [7, 11) is 0. The quantitative estimate of drug-likeness (QED) is 0.164. The zero-order chi connectivity index (χ0) is 34.3. The fraction of sp³-hybridized carbons (Fsp3) is 0. The molecule has 0 bridgehead atoms. The van der Waals surface area contributed by atoms with Crippen LogP contribution in [0, 0.1) is 0 Å². The van der Waals surface area contributed by atoms with Crippen molar-refractivity contribution in [3.8, 4) is 33.6 Å². The highest BCUT2D eigenvalue weighted by molar-refractivity contribution is 7.06. The Labute approximate surface area is 309 Å². The minimum Gasteiger partial charge on any atom is -0.377 e. The van der Waals surface area contributed by atoms with Crippen LogP contribution in [0.4, 0.5) is 28.4 Å². The van der Waals surface area contributed by atoms with Crippen molar-refractivity contribution in [1.82, 2.24) is 9.13 Å².